The van der Waals surface area contributed by atoms with E-state index in [2.05, 4.69) is 44.1 Å². The van der Waals surface area contributed by atoms with Gasteiger partial charge in [0.15, 0.2) is 5.84 Å². The Balaban J connectivity index is 1.25. The van der Waals surface area contributed by atoms with E-state index in [0.29, 0.717) is 24.0 Å². The summed E-state index contributed by atoms with van der Waals surface area (Å²) in [4.78, 5) is 9.77. The maximum Gasteiger partial charge on any atom is 0.179 e. The minimum Gasteiger partial charge on any atom is -0.344 e. The molecule has 0 aliphatic rings. The monoisotopic (exact) mass is 565 g/mol. The number of aliphatic imine (C=N–C) groups is 2. The molecular formula is C34H31N9. The number of anilines is 2. The van der Waals surface area contributed by atoms with Crippen LogP contribution in [-0.4, -0.2) is 35.8 Å². The molecule has 6 rings (SSSR count). The average Bonchev–Trinajstić information content (AvgIpc) is 3.82. The topological polar surface area (TPSA) is 89.4 Å². The third-order valence-corrected chi connectivity index (χ3v) is 6.66. The first-order chi connectivity index (χ1) is 21.1. The fraction of sp³-hybridized carbons (Fsp3) is 0.0588. The first-order valence-electron chi connectivity index (χ1n) is 13.9. The van der Waals surface area contributed by atoms with Crippen LogP contribution in [0.1, 0.15) is 18.2 Å². The van der Waals surface area contributed by atoms with Crippen molar-refractivity contribution >= 4 is 23.0 Å². The fourth-order valence-electron chi connectivity index (χ4n) is 4.63. The standard InChI is InChI=1S/C34H31N9/c1-26(37-29-12-16-31(17-13-29)42-23-7-20-35-42)39-34(33-11-6-22-41(33)25-28-9-4-3-5-10-28)40-27(2)38-30-14-18-32(19-15-30)43-24-8-21-36-43/h3-24,37H,1,25H2,2H3,(H,38,39,40). The molecule has 3 aromatic carbocycles. The summed E-state index contributed by atoms with van der Waals surface area (Å²) >= 11 is 0. The fourth-order valence-corrected chi connectivity index (χ4v) is 4.63. The van der Waals surface area contributed by atoms with Crippen LogP contribution in [0, 0.1) is 0 Å². The van der Waals surface area contributed by atoms with Gasteiger partial charge in [-0.3, -0.25) is 0 Å². The number of aromatic nitrogens is 5. The lowest BCUT2D eigenvalue weighted by Crippen LogP contribution is -2.15. The van der Waals surface area contributed by atoms with Crippen molar-refractivity contribution in [2.24, 2.45) is 9.98 Å². The van der Waals surface area contributed by atoms with Gasteiger partial charge in [-0.05, 0) is 85.3 Å². The van der Waals surface area contributed by atoms with E-state index in [4.69, 9.17) is 9.98 Å². The maximum absolute atomic E-state index is 4.92. The number of nitrogens with zero attached hydrogens (tertiary/aromatic N) is 7. The Morgan fingerprint density at radius 3 is 1.86 bits per heavy atom. The summed E-state index contributed by atoms with van der Waals surface area (Å²) in [6.45, 7) is 6.80. The molecule has 0 fully saturated rings. The second-order valence-corrected chi connectivity index (χ2v) is 9.83. The Morgan fingerprint density at radius 2 is 1.28 bits per heavy atom. The third kappa shape index (κ3) is 6.86. The Morgan fingerprint density at radius 1 is 0.674 bits per heavy atom. The molecule has 9 heteroatoms. The molecule has 2 N–H and O–H groups in total. The Labute approximate surface area is 250 Å². The zero-order valence-electron chi connectivity index (χ0n) is 23.7. The van der Waals surface area contributed by atoms with Crippen molar-refractivity contribution in [1.82, 2.24) is 24.1 Å². The van der Waals surface area contributed by atoms with Gasteiger partial charge in [-0.2, -0.15) is 10.2 Å². The molecule has 212 valence electrons. The summed E-state index contributed by atoms with van der Waals surface area (Å²) in [6, 6.07) is 34.1. The van der Waals surface area contributed by atoms with E-state index in [-0.39, 0.29) is 0 Å². The molecule has 0 saturated carbocycles. The van der Waals surface area contributed by atoms with E-state index < -0.39 is 0 Å². The molecular weight excluding hydrogens is 534 g/mol. The second-order valence-electron chi connectivity index (χ2n) is 9.83. The number of rotatable bonds is 9. The molecule has 0 amide bonds. The summed E-state index contributed by atoms with van der Waals surface area (Å²) in [5.41, 5.74) is 5.77. The van der Waals surface area contributed by atoms with E-state index in [9.17, 15) is 0 Å². The van der Waals surface area contributed by atoms with E-state index in [1.807, 2.05) is 126 Å². The predicted molar refractivity (Wildman–Crippen MR) is 173 cm³/mol. The van der Waals surface area contributed by atoms with Crippen molar-refractivity contribution in [3.63, 3.8) is 0 Å². The van der Waals surface area contributed by atoms with Crippen molar-refractivity contribution in [2.45, 2.75) is 13.5 Å². The third-order valence-electron chi connectivity index (χ3n) is 6.66. The SMILES string of the molecule is C=C(/N=C(\N=C(C)Nc1ccc(-n2cccn2)cc1)c1cccn1Cc1ccccc1)Nc1ccc(-n2cccn2)cc1. The van der Waals surface area contributed by atoms with Gasteiger partial charge in [-0.25, -0.2) is 19.3 Å². The minimum atomic E-state index is 0.467. The predicted octanol–water partition coefficient (Wildman–Crippen LogP) is 6.77. The number of nitrogens with one attached hydrogen (secondary N) is 2. The maximum atomic E-state index is 4.92. The van der Waals surface area contributed by atoms with Crippen molar-refractivity contribution in [1.29, 1.82) is 0 Å². The summed E-state index contributed by atoms with van der Waals surface area (Å²) < 4.78 is 5.76. The lowest BCUT2D eigenvalue weighted by molar-refractivity contribution is 0.796. The van der Waals surface area contributed by atoms with Crippen molar-refractivity contribution in [3.8, 4) is 11.4 Å². The number of hydrogen-bond donors (Lipinski definition) is 2. The smallest absolute Gasteiger partial charge is 0.179 e. The quantitative estimate of drug-likeness (QED) is 0.150. The Kier molecular flexibility index (Phi) is 8.04. The highest BCUT2D eigenvalue weighted by atomic mass is 15.3. The molecule has 0 bridgehead atoms. The van der Waals surface area contributed by atoms with Gasteiger partial charge in [-0.1, -0.05) is 36.9 Å². The van der Waals surface area contributed by atoms with Gasteiger partial charge in [0.1, 0.15) is 11.7 Å². The van der Waals surface area contributed by atoms with Gasteiger partial charge < -0.3 is 15.2 Å². The number of amidine groups is 2. The largest absolute Gasteiger partial charge is 0.344 e. The zero-order chi connectivity index (χ0) is 29.4. The highest BCUT2D eigenvalue weighted by Gasteiger charge is 2.11. The van der Waals surface area contributed by atoms with Crippen LogP contribution in [0.3, 0.4) is 0 Å². The lowest BCUT2D eigenvalue weighted by Gasteiger charge is -2.13. The Bertz CT molecular complexity index is 1830. The molecule has 0 spiro atoms. The molecule has 43 heavy (non-hydrogen) atoms. The van der Waals surface area contributed by atoms with Crippen molar-refractivity contribution in [2.75, 3.05) is 10.6 Å². The van der Waals surface area contributed by atoms with Crippen LogP contribution in [0.5, 0.6) is 0 Å². The summed E-state index contributed by atoms with van der Waals surface area (Å²) in [7, 11) is 0. The van der Waals surface area contributed by atoms with Crippen molar-refractivity contribution in [3.05, 3.63) is 158 Å². The van der Waals surface area contributed by atoms with Crippen LogP contribution in [0.25, 0.3) is 11.4 Å². The number of benzene rings is 3. The van der Waals surface area contributed by atoms with Crippen LogP contribution >= 0.6 is 0 Å². The first kappa shape index (κ1) is 27.2. The normalized spacial score (nSPS) is 11.8. The Hall–Kier alpha value is -5.96. The van der Waals surface area contributed by atoms with E-state index in [1.165, 1.54) is 5.56 Å². The molecule has 6 aromatic rings. The highest BCUT2D eigenvalue weighted by Crippen LogP contribution is 2.17. The van der Waals surface area contributed by atoms with E-state index in [1.54, 1.807) is 12.4 Å². The van der Waals surface area contributed by atoms with Crippen LogP contribution < -0.4 is 10.6 Å². The zero-order valence-corrected chi connectivity index (χ0v) is 23.7. The molecule has 0 aliphatic carbocycles. The van der Waals surface area contributed by atoms with Gasteiger partial charge in [0.2, 0.25) is 0 Å². The second kappa shape index (κ2) is 12.7. The van der Waals surface area contributed by atoms with E-state index in [0.717, 1.165) is 28.4 Å². The molecule has 0 saturated heterocycles. The lowest BCUT2D eigenvalue weighted by atomic mass is 10.2. The van der Waals surface area contributed by atoms with Gasteiger partial charge in [0, 0.05) is 48.9 Å². The van der Waals surface area contributed by atoms with Gasteiger partial charge >= 0.3 is 0 Å². The van der Waals surface area contributed by atoms with Crippen molar-refractivity contribution < 1.29 is 0 Å². The average molecular weight is 566 g/mol. The summed E-state index contributed by atoms with van der Waals surface area (Å²) in [5, 5.41) is 15.3. The molecule has 3 heterocycles. The van der Waals surface area contributed by atoms with Gasteiger partial charge in [0.05, 0.1) is 17.1 Å². The minimum absolute atomic E-state index is 0.467. The molecule has 0 radical (unpaired) electrons. The molecule has 3 aromatic heterocycles. The van der Waals surface area contributed by atoms with Crippen LogP contribution in [-0.2, 0) is 6.54 Å². The first-order valence-corrected chi connectivity index (χ1v) is 13.9. The molecule has 0 atom stereocenters. The van der Waals surface area contributed by atoms with Crippen LogP contribution in [0.4, 0.5) is 11.4 Å². The van der Waals surface area contributed by atoms with Crippen LogP contribution in [0.2, 0.25) is 0 Å². The van der Waals surface area contributed by atoms with E-state index >= 15 is 0 Å². The summed E-state index contributed by atoms with van der Waals surface area (Å²) in [6.07, 6.45) is 9.37. The van der Waals surface area contributed by atoms with Gasteiger partial charge in [-0.15, -0.1) is 0 Å². The number of hydrogen-bond acceptors (Lipinski definition) is 4. The summed E-state index contributed by atoms with van der Waals surface area (Å²) in [5.74, 6) is 1.69. The molecule has 0 aliphatic heterocycles. The van der Waals surface area contributed by atoms with Gasteiger partial charge in [0.25, 0.3) is 0 Å². The van der Waals surface area contributed by atoms with Crippen LogP contribution in [0.15, 0.2) is 156 Å². The molecule has 0 unspecified atom stereocenters. The highest BCUT2D eigenvalue weighted by molar-refractivity contribution is 6.09. The molecule has 9 nitrogen and oxygen atoms in total.